The van der Waals surface area contributed by atoms with E-state index in [4.69, 9.17) is 4.98 Å². The van der Waals surface area contributed by atoms with Crippen LogP contribution in [0.5, 0.6) is 0 Å². The zero-order valence-corrected chi connectivity index (χ0v) is 15.7. The fraction of sp³-hybridized carbons (Fsp3) is 0.318. The minimum Gasteiger partial charge on any atom is -0.371 e. The Hall–Kier alpha value is -3.33. The van der Waals surface area contributed by atoms with Gasteiger partial charge in [0.15, 0.2) is 5.65 Å². The highest BCUT2D eigenvalue weighted by Gasteiger charge is 2.24. The number of pyridine rings is 1. The third kappa shape index (κ3) is 2.71. The van der Waals surface area contributed by atoms with Crippen molar-refractivity contribution in [2.24, 2.45) is 0 Å². The van der Waals surface area contributed by atoms with Gasteiger partial charge in [-0.05, 0) is 55.4 Å². The number of aromatic nitrogens is 4. The molecule has 140 valence electrons. The van der Waals surface area contributed by atoms with Crippen molar-refractivity contribution in [3.63, 3.8) is 0 Å². The van der Waals surface area contributed by atoms with Gasteiger partial charge in [-0.15, -0.1) is 0 Å². The standard InChI is InChI=1S/C22H22N6/c23-14-18-16-6-1-2-7-17(16)21(25-10-5-12-27-13-11-24-15-27)28-20-9-4-3-8-19(20)26-22(18)28/h3-4,8-9,11,13,15,25H,1-2,5-7,10,12H2. The zero-order valence-electron chi connectivity index (χ0n) is 15.7. The molecule has 1 aliphatic rings. The van der Waals surface area contributed by atoms with E-state index in [0.29, 0.717) is 0 Å². The molecule has 28 heavy (non-hydrogen) atoms. The van der Waals surface area contributed by atoms with E-state index in [1.54, 1.807) is 0 Å². The number of nitrogens with zero attached hydrogens (tertiary/aromatic N) is 5. The summed E-state index contributed by atoms with van der Waals surface area (Å²) in [5.74, 6) is 1.11. The van der Waals surface area contributed by atoms with Crippen molar-refractivity contribution in [1.82, 2.24) is 18.9 Å². The van der Waals surface area contributed by atoms with Crippen LogP contribution in [0.15, 0.2) is 43.0 Å². The molecule has 4 aromatic rings. The van der Waals surface area contributed by atoms with Gasteiger partial charge in [-0.3, -0.25) is 4.40 Å². The van der Waals surface area contributed by atoms with Crippen molar-refractivity contribution in [3.8, 4) is 6.07 Å². The van der Waals surface area contributed by atoms with E-state index in [0.717, 1.165) is 66.8 Å². The van der Waals surface area contributed by atoms with Crippen LogP contribution in [-0.4, -0.2) is 25.5 Å². The number of rotatable bonds is 5. The van der Waals surface area contributed by atoms with Gasteiger partial charge in [-0.25, -0.2) is 9.97 Å². The van der Waals surface area contributed by atoms with Crippen molar-refractivity contribution in [2.75, 3.05) is 11.9 Å². The van der Waals surface area contributed by atoms with Gasteiger partial charge in [0.2, 0.25) is 0 Å². The Bertz CT molecular complexity index is 1180. The van der Waals surface area contributed by atoms with Gasteiger partial charge in [0.05, 0.1) is 22.9 Å². The predicted molar refractivity (Wildman–Crippen MR) is 109 cm³/mol. The highest BCUT2D eigenvalue weighted by molar-refractivity contribution is 5.86. The third-order valence-electron chi connectivity index (χ3n) is 5.62. The lowest BCUT2D eigenvalue weighted by atomic mass is 9.89. The monoisotopic (exact) mass is 370 g/mol. The van der Waals surface area contributed by atoms with Crippen LogP contribution in [0, 0.1) is 11.3 Å². The Labute approximate surface area is 163 Å². The van der Waals surface area contributed by atoms with Crippen LogP contribution in [0.1, 0.15) is 36.0 Å². The largest absolute Gasteiger partial charge is 0.371 e. The van der Waals surface area contributed by atoms with E-state index in [-0.39, 0.29) is 0 Å². The molecule has 1 aliphatic carbocycles. The van der Waals surface area contributed by atoms with Gasteiger partial charge < -0.3 is 9.88 Å². The molecule has 6 nitrogen and oxygen atoms in total. The normalized spacial score (nSPS) is 13.5. The number of anilines is 1. The number of imidazole rings is 2. The number of hydrogen-bond acceptors (Lipinski definition) is 4. The number of para-hydroxylation sites is 2. The molecule has 0 aliphatic heterocycles. The first kappa shape index (κ1) is 16.8. The molecule has 0 spiro atoms. The Morgan fingerprint density at radius 2 is 2.00 bits per heavy atom. The maximum atomic E-state index is 9.90. The number of benzene rings is 1. The van der Waals surface area contributed by atoms with Crippen LogP contribution in [0.4, 0.5) is 5.82 Å². The lowest BCUT2D eigenvalue weighted by Crippen LogP contribution is -2.16. The Balaban J connectivity index is 1.60. The molecule has 1 N–H and O–H groups in total. The average Bonchev–Trinajstić information content (AvgIpc) is 3.38. The molecule has 0 radical (unpaired) electrons. The van der Waals surface area contributed by atoms with Gasteiger partial charge in [0.25, 0.3) is 0 Å². The number of nitrogens with one attached hydrogen (secondary N) is 1. The second-order valence-electron chi connectivity index (χ2n) is 7.34. The van der Waals surface area contributed by atoms with Crippen LogP contribution < -0.4 is 5.32 Å². The number of fused-ring (bicyclic) bond motifs is 4. The van der Waals surface area contributed by atoms with Crippen LogP contribution in [0.2, 0.25) is 0 Å². The third-order valence-corrected chi connectivity index (χ3v) is 5.62. The average molecular weight is 370 g/mol. The fourth-order valence-electron chi connectivity index (χ4n) is 4.32. The van der Waals surface area contributed by atoms with Crippen LogP contribution in [-0.2, 0) is 19.4 Å². The molecule has 5 rings (SSSR count). The molecule has 3 aromatic heterocycles. The number of hydrogen-bond donors (Lipinski definition) is 1. The van der Waals surface area contributed by atoms with E-state index in [1.165, 1.54) is 17.5 Å². The Kier molecular flexibility index (Phi) is 4.21. The molecule has 6 heteroatoms. The van der Waals surface area contributed by atoms with E-state index in [2.05, 4.69) is 31.4 Å². The Morgan fingerprint density at radius 3 is 2.82 bits per heavy atom. The smallest absolute Gasteiger partial charge is 0.157 e. The molecule has 0 unspecified atom stereocenters. The number of aryl methyl sites for hydroxylation is 1. The first-order valence-electron chi connectivity index (χ1n) is 9.91. The van der Waals surface area contributed by atoms with Gasteiger partial charge in [-0.1, -0.05) is 12.1 Å². The van der Waals surface area contributed by atoms with Crippen molar-refractivity contribution < 1.29 is 0 Å². The van der Waals surface area contributed by atoms with E-state index in [9.17, 15) is 5.26 Å². The summed E-state index contributed by atoms with van der Waals surface area (Å²) in [4.78, 5) is 8.92. The highest BCUT2D eigenvalue weighted by atomic mass is 15.1. The summed E-state index contributed by atoms with van der Waals surface area (Å²) in [7, 11) is 0. The minimum atomic E-state index is 0.745. The molecule has 0 saturated heterocycles. The maximum Gasteiger partial charge on any atom is 0.157 e. The molecule has 1 aromatic carbocycles. The van der Waals surface area contributed by atoms with Gasteiger partial charge >= 0.3 is 0 Å². The fourth-order valence-corrected chi connectivity index (χ4v) is 4.32. The molecule has 0 atom stereocenters. The molecule has 0 bridgehead atoms. The molecule has 0 amide bonds. The summed E-state index contributed by atoms with van der Waals surface area (Å²) in [5.41, 5.74) is 5.99. The van der Waals surface area contributed by atoms with Gasteiger partial charge in [-0.2, -0.15) is 5.26 Å². The molecule has 3 heterocycles. The molecule has 0 saturated carbocycles. The van der Waals surface area contributed by atoms with E-state index < -0.39 is 0 Å². The predicted octanol–water partition coefficient (Wildman–Crippen LogP) is 3.94. The van der Waals surface area contributed by atoms with Crippen molar-refractivity contribution in [2.45, 2.75) is 38.6 Å². The van der Waals surface area contributed by atoms with Crippen molar-refractivity contribution in [3.05, 3.63) is 59.7 Å². The van der Waals surface area contributed by atoms with E-state index >= 15 is 0 Å². The lowest BCUT2D eigenvalue weighted by Gasteiger charge is -2.23. The van der Waals surface area contributed by atoms with Crippen LogP contribution in [0.25, 0.3) is 16.7 Å². The second-order valence-corrected chi connectivity index (χ2v) is 7.34. The second kappa shape index (κ2) is 7.01. The molecular formula is C22H22N6. The zero-order chi connectivity index (χ0) is 18.9. The number of nitriles is 1. The van der Waals surface area contributed by atoms with Crippen molar-refractivity contribution in [1.29, 1.82) is 5.26 Å². The summed E-state index contributed by atoms with van der Waals surface area (Å²) in [6.45, 7) is 1.79. The first-order valence-corrected chi connectivity index (χ1v) is 9.91. The van der Waals surface area contributed by atoms with Gasteiger partial charge in [0, 0.05) is 25.5 Å². The SMILES string of the molecule is N#Cc1c2c(c(NCCCn3ccnc3)n3c1nc1ccccc13)CCCC2. The molecule has 0 fully saturated rings. The molecular weight excluding hydrogens is 348 g/mol. The summed E-state index contributed by atoms with van der Waals surface area (Å²) >= 11 is 0. The van der Waals surface area contributed by atoms with E-state index in [1.807, 2.05) is 36.9 Å². The summed E-state index contributed by atoms with van der Waals surface area (Å²) in [6.07, 6.45) is 10.9. The maximum absolute atomic E-state index is 9.90. The topological polar surface area (TPSA) is 70.9 Å². The van der Waals surface area contributed by atoms with Crippen molar-refractivity contribution >= 4 is 22.5 Å². The lowest BCUT2D eigenvalue weighted by molar-refractivity contribution is 0.655. The quantitative estimate of drug-likeness (QED) is 0.540. The Morgan fingerprint density at radius 1 is 1.14 bits per heavy atom. The summed E-state index contributed by atoms with van der Waals surface area (Å²) < 4.78 is 4.26. The summed E-state index contributed by atoms with van der Waals surface area (Å²) in [5, 5.41) is 13.6. The van der Waals surface area contributed by atoms with Crippen LogP contribution >= 0.6 is 0 Å². The summed E-state index contributed by atoms with van der Waals surface area (Å²) in [6, 6.07) is 10.6. The highest BCUT2D eigenvalue weighted by Crippen LogP contribution is 2.35. The first-order chi connectivity index (χ1) is 13.9. The van der Waals surface area contributed by atoms with Crippen LogP contribution in [0.3, 0.4) is 0 Å². The minimum absolute atomic E-state index is 0.745. The van der Waals surface area contributed by atoms with Gasteiger partial charge in [0.1, 0.15) is 11.9 Å².